The molecule has 0 aliphatic rings. The van der Waals surface area contributed by atoms with E-state index in [9.17, 15) is 0 Å². The quantitative estimate of drug-likeness (QED) is 0.567. The maximum absolute atomic E-state index is 5.55. The van der Waals surface area contributed by atoms with Crippen LogP contribution in [-0.4, -0.2) is 18.2 Å². The molecule has 0 saturated heterocycles. The number of nitrogens with one attached hydrogen (secondary N) is 1. The van der Waals surface area contributed by atoms with Crippen molar-refractivity contribution >= 4 is 0 Å². The SMILES string of the molecule is CCC(OC)C(NN)c1cncc(C)c1. The van der Waals surface area contributed by atoms with Gasteiger partial charge in [0.25, 0.3) is 0 Å². The van der Waals surface area contributed by atoms with Gasteiger partial charge >= 0.3 is 0 Å². The third-order valence-corrected chi connectivity index (χ3v) is 2.51. The highest BCUT2D eigenvalue weighted by molar-refractivity contribution is 5.21. The van der Waals surface area contributed by atoms with Crippen LogP contribution in [0.3, 0.4) is 0 Å². The Morgan fingerprint density at radius 2 is 2.27 bits per heavy atom. The van der Waals surface area contributed by atoms with Crippen LogP contribution in [-0.2, 0) is 4.74 Å². The number of ether oxygens (including phenoxy) is 1. The molecule has 0 saturated carbocycles. The predicted octanol–water partition coefficient (Wildman–Crippen LogP) is 1.32. The summed E-state index contributed by atoms with van der Waals surface area (Å²) in [7, 11) is 1.70. The van der Waals surface area contributed by atoms with Gasteiger partial charge < -0.3 is 4.74 Å². The van der Waals surface area contributed by atoms with E-state index in [1.165, 1.54) is 0 Å². The van der Waals surface area contributed by atoms with Crippen molar-refractivity contribution in [2.75, 3.05) is 7.11 Å². The number of hydrogen-bond acceptors (Lipinski definition) is 4. The van der Waals surface area contributed by atoms with E-state index in [-0.39, 0.29) is 12.1 Å². The summed E-state index contributed by atoms with van der Waals surface area (Å²) < 4.78 is 5.38. The first-order chi connectivity index (χ1) is 7.22. The van der Waals surface area contributed by atoms with E-state index in [2.05, 4.69) is 23.4 Å². The van der Waals surface area contributed by atoms with Crippen molar-refractivity contribution in [2.45, 2.75) is 32.4 Å². The summed E-state index contributed by atoms with van der Waals surface area (Å²) in [6.45, 7) is 4.08. The van der Waals surface area contributed by atoms with Crippen molar-refractivity contribution in [3.8, 4) is 0 Å². The Morgan fingerprint density at radius 1 is 1.53 bits per heavy atom. The Labute approximate surface area is 90.8 Å². The van der Waals surface area contributed by atoms with Crippen LogP contribution < -0.4 is 11.3 Å². The number of rotatable bonds is 5. The van der Waals surface area contributed by atoms with Crippen molar-refractivity contribution < 1.29 is 4.74 Å². The van der Waals surface area contributed by atoms with E-state index in [4.69, 9.17) is 10.6 Å². The van der Waals surface area contributed by atoms with Gasteiger partial charge in [0.15, 0.2) is 0 Å². The summed E-state index contributed by atoms with van der Waals surface area (Å²) in [4.78, 5) is 4.15. The molecule has 4 heteroatoms. The molecule has 15 heavy (non-hydrogen) atoms. The molecule has 2 unspecified atom stereocenters. The summed E-state index contributed by atoms with van der Waals surface area (Å²) in [5.41, 5.74) is 4.97. The smallest absolute Gasteiger partial charge is 0.0776 e. The minimum Gasteiger partial charge on any atom is -0.379 e. The third kappa shape index (κ3) is 2.99. The van der Waals surface area contributed by atoms with Crippen molar-refractivity contribution in [3.05, 3.63) is 29.6 Å². The first kappa shape index (κ1) is 12.1. The Bertz CT molecular complexity index is 300. The molecule has 1 aromatic heterocycles. The molecule has 0 aliphatic carbocycles. The number of hydrogen-bond donors (Lipinski definition) is 2. The summed E-state index contributed by atoms with van der Waals surface area (Å²) >= 11 is 0. The molecule has 4 nitrogen and oxygen atoms in total. The minimum absolute atomic E-state index is 0.00704. The highest BCUT2D eigenvalue weighted by Crippen LogP contribution is 2.20. The molecule has 0 aromatic carbocycles. The lowest BCUT2D eigenvalue weighted by atomic mass is 10.0. The van der Waals surface area contributed by atoms with E-state index < -0.39 is 0 Å². The van der Waals surface area contributed by atoms with Gasteiger partial charge in [0, 0.05) is 19.5 Å². The first-order valence-electron chi connectivity index (χ1n) is 5.13. The fourth-order valence-corrected chi connectivity index (χ4v) is 1.71. The fraction of sp³-hybridized carbons (Fsp3) is 0.545. The predicted molar refractivity (Wildman–Crippen MR) is 60.1 cm³/mol. The van der Waals surface area contributed by atoms with Gasteiger partial charge in [-0.2, -0.15) is 0 Å². The average Bonchev–Trinajstić information content (AvgIpc) is 2.25. The zero-order valence-corrected chi connectivity index (χ0v) is 9.53. The lowest BCUT2D eigenvalue weighted by molar-refractivity contribution is 0.0650. The van der Waals surface area contributed by atoms with Crippen LogP contribution in [0.1, 0.15) is 30.5 Å². The highest BCUT2D eigenvalue weighted by Gasteiger charge is 2.20. The van der Waals surface area contributed by atoms with Gasteiger partial charge in [-0.3, -0.25) is 16.3 Å². The number of nitrogens with two attached hydrogens (primary N) is 1. The molecule has 3 N–H and O–H groups in total. The molecule has 0 fully saturated rings. The summed E-state index contributed by atoms with van der Waals surface area (Å²) in [5.74, 6) is 5.55. The van der Waals surface area contributed by atoms with Gasteiger partial charge in [-0.25, -0.2) is 0 Å². The van der Waals surface area contributed by atoms with Gasteiger partial charge in [0.2, 0.25) is 0 Å². The minimum atomic E-state index is -0.00704. The number of aromatic nitrogens is 1. The summed E-state index contributed by atoms with van der Waals surface area (Å²) in [6.07, 6.45) is 4.61. The average molecular weight is 209 g/mol. The van der Waals surface area contributed by atoms with Gasteiger partial charge in [0.1, 0.15) is 0 Å². The van der Waals surface area contributed by atoms with Gasteiger partial charge in [-0.05, 0) is 24.5 Å². The van der Waals surface area contributed by atoms with E-state index in [1.807, 2.05) is 19.3 Å². The zero-order chi connectivity index (χ0) is 11.3. The topological polar surface area (TPSA) is 60.2 Å². The molecule has 0 aliphatic heterocycles. The molecule has 0 spiro atoms. The monoisotopic (exact) mass is 209 g/mol. The van der Waals surface area contributed by atoms with Crippen molar-refractivity contribution in [3.63, 3.8) is 0 Å². The number of aryl methyl sites for hydroxylation is 1. The Balaban J connectivity index is 2.90. The van der Waals surface area contributed by atoms with Gasteiger partial charge in [-0.1, -0.05) is 13.0 Å². The number of methoxy groups -OCH3 is 1. The van der Waals surface area contributed by atoms with Crippen molar-refractivity contribution in [1.29, 1.82) is 0 Å². The number of pyridine rings is 1. The Morgan fingerprint density at radius 3 is 2.73 bits per heavy atom. The largest absolute Gasteiger partial charge is 0.379 e. The molecule has 0 bridgehead atoms. The molecular weight excluding hydrogens is 190 g/mol. The molecule has 1 aromatic rings. The summed E-state index contributed by atoms with van der Waals surface area (Å²) in [5, 5.41) is 0. The maximum Gasteiger partial charge on any atom is 0.0776 e. The highest BCUT2D eigenvalue weighted by atomic mass is 16.5. The van der Waals surface area contributed by atoms with E-state index in [0.29, 0.717) is 0 Å². The van der Waals surface area contributed by atoms with Crippen molar-refractivity contribution in [1.82, 2.24) is 10.4 Å². The standard InChI is InChI=1S/C11H19N3O/c1-4-10(15-3)11(14-12)9-5-8(2)6-13-7-9/h5-7,10-11,14H,4,12H2,1-3H3. The van der Waals surface area contributed by atoms with E-state index >= 15 is 0 Å². The lowest BCUT2D eigenvalue weighted by Gasteiger charge is -2.24. The van der Waals surface area contributed by atoms with Crippen LogP contribution in [0.5, 0.6) is 0 Å². The second kappa shape index (κ2) is 5.80. The third-order valence-electron chi connectivity index (χ3n) is 2.51. The number of hydrazine groups is 1. The van der Waals surface area contributed by atoms with Crippen LogP contribution >= 0.6 is 0 Å². The van der Waals surface area contributed by atoms with E-state index in [1.54, 1.807) is 7.11 Å². The Hall–Kier alpha value is -0.970. The molecule has 1 heterocycles. The molecule has 2 atom stereocenters. The van der Waals surface area contributed by atoms with Crippen LogP contribution in [0.2, 0.25) is 0 Å². The molecular formula is C11H19N3O. The first-order valence-corrected chi connectivity index (χ1v) is 5.13. The normalized spacial score (nSPS) is 14.9. The maximum atomic E-state index is 5.55. The van der Waals surface area contributed by atoms with Crippen LogP contribution in [0, 0.1) is 6.92 Å². The number of nitrogens with zero attached hydrogens (tertiary/aromatic N) is 1. The molecule has 0 amide bonds. The van der Waals surface area contributed by atoms with Crippen molar-refractivity contribution in [2.24, 2.45) is 5.84 Å². The molecule has 84 valence electrons. The van der Waals surface area contributed by atoms with Gasteiger partial charge in [0.05, 0.1) is 12.1 Å². The fourth-order valence-electron chi connectivity index (χ4n) is 1.71. The second-order valence-electron chi connectivity index (χ2n) is 3.62. The van der Waals surface area contributed by atoms with Gasteiger partial charge in [-0.15, -0.1) is 0 Å². The summed E-state index contributed by atoms with van der Waals surface area (Å²) in [6, 6.07) is 2.06. The molecule has 1 rings (SSSR count). The van der Waals surface area contributed by atoms with Crippen LogP contribution in [0.25, 0.3) is 0 Å². The lowest BCUT2D eigenvalue weighted by Crippen LogP contribution is -2.37. The Kier molecular flexibility index (Phi) is 4.68. The second-order valence-corrected chi connectivity index (χ2v) is 3.62. The van der Waals surface area contributed by atoms with Crippen LogP contribution in [0.4, 0.5) is 0 Å². The van der Waals surface area contributed by atoms with E-state index in [0.717, 1.165) is 17.5 Å². The zero-order valence-electron chi connectivity index (χ0n) is 9.53. The van der Waals surface area contributed by atoms with Crippen LogP contribution in [0.15, 0.2) is 18.5 Å². The molecule has 0 radical (unpaired) electrons.